The Morgan fingerprint density at radius 3 is 2.58 bits per heavy atom. The van der Waals surface area contributed by atoms with Crippen molar-refractivity contribution in [3.05, 3.63) is 69.9 Å². The maximum absolute atomic E-state index is 14.0. The number of aromatic nitrogens is 2. The van der Waals surface area contributed by atoms with Gasteiger partial charge in [-0.3, -0.25) is 13.9 Å². The Balaban J connectivity index is 1.51. The number of nitriles is 1. The van der Waals surface area contributed by atoms with E-state index < -0.39 is 29.3 Å². The molecule has 0 spiro atoms. The van der Waals surface area contributed by atoms with Crippen LogP contribution < -0.4 is 5.69 Å². The number of hydrogen-bond acceptors (Lipinski definition) is 3. The number of hydrogen-bond donors (Lipinski definition) is 0. The molecule has 1 aliphatic carbocycles. The van der Waals surface area contributed by atoms with E-state index in [0.29, 0.717) is 5.69 Å². The van der Waals surface area contributed by atoms with Crippen molar-refractivity contribution in [2.45, 2.75) is 50.7 Å². The maximum atomic E-state index is 14.0. The molecule has 2 fully saturated rings. The van der Waals surface area contributed by atoms with Crippen LogP contribution in [-0.4, -0.2) is 32.9 Å². The van der Waals surface area contributed by atoms with Gasteiger partial charge in [0.05, 0.1) is 22.8 Å². The lowest BCUT2D eigenvalue weighted by Gasteiger charge is -2.36. The van der Waals surface area contributed by atoms with Crippen LogP contribution in [0.3, 0.4) is 0 Å². The SMILES string of the molecule is C[C@H]1CN(Cc2cc(C(F)(F)F)c3cn(-c4cccc(C5CC(C#N)C5)c4)c(=O)n3c2)CCC1(F)F. The van der Waals surface area contributed by atoms with Crippen LogP contribution in [0.25, 0.3) is 11.2 Å². The molecule has 36 heavy (non-hydrogen) atoms. The van der Waals surface area contributed by atoms with Gasteiger partial charge in [0.1, 0.15) is 0 Å². The van der Waals surface area contributed by atoms with Crippen molar-refractivity contribution >= 4 is 5.52 Å². The Hall–Kier alpha value is -3.19. The minimum atomic E-state index is -4.71. The third kappa shape index (κ3) is 4.41. The van der Waals surface area contributed by atoms with Crippen LogP contribution in [0, 0.1) is 23.2 Å². The first-order chi connectivity index (χ1) is 17.0. The lowest BCUT2D eigenvalue weighted by molar-refractivity contribution is -0.136. The van der Waals surface area contributed by atoms with Gasteiger partial charge in [-0.1, -0.05) is 19.1 Å². The van der Waals surface area contributed by atoms with Crippen LogP contribution in [0.15, 0.2) is 47.5 Å². The van der Waals surface area contributed by atoms with Crippen molar-refractivity contribution in [1.82, 2.24) is 13.9 Å². The summed E-state index contributed by atoms with van der Waals surface area (Å²) in [7, 11) is 0. The molecule has 2 aromatic heterocycles. The van der Waals surface area contributed by atoms with E-state index in [1.807, 2.05) is 6.07 Å². The van der Waals surface area contributed by atoms with Gasteiger partial charge in [-0.25, -0.2) is 13.6 Å². The van der Waals surface area contributed by atoms with E-state index in [2.05, 4.69) is 6.07 Å². The molecule has 0 N–H and O–H groups in total. The molecule has 5 nitrogen and oxygen atoms in total. The number of benzene rings is 1. The topological polar surface area (TPSA) is 53.4 Å². The van der Waals surface area contributed by atoms with Gasteiger partial charge in [-0.2, -0.15) is 18.4 Å². The molecule has 2 aliphatic rings. The van der Waals surface area contributed by atoms with E-state index in [1.165, 1.54) is 23.9 Å². The van der Waals surface area contributed by atoms with Crippen LogP contribution in [0.2, 0.25) is 0 Å². The fourth-order valence-electron chi connectivity index (χ4n) is 5.24. The molecule has 1 saturated heterocycles. The summed E-state index contributed by atoms with van der Waals surface area (Å²) in [6.07, 6.45) is -1.07. The highest BCUT2D eigenvalue weighted by Crippen LogP contribution is 2.41. The fraction of sp³-hybridized carbons (Fsp3) is 0.462. The number of likely N-dealkylation sites (tertiary alicyclic amines) is 1. The minimum Gasteiger partial charge on any atom is -0.298 e. The van der Waals surface area contributed by atoms with Crippen LogP contribution in [-0.2, 0) is 12.7 Å². The Morgan fingerprint density at radius 2 is 1.92 bits per heavy atom. The summed E-state index contributed by atoms with van der Waals surface area (Å²) in [6.45, 7) is 1.59. The Kier molecular flexibility index (Phi) is 5.94. The maximum Gasteiger partial charge on any atom is 0.418 e. The van der Waals surface area contributed by atoms with Crippen LogP contribution in [0.4, 0.5) is 22.0 Å². The Morgan fingerprint density at radius 1 is 1.17 bits per heavy atom. The third-order valence-corrected chi connectivity index (χ3v) is 7.49. The molecule has 1 saturated carbocycles. The molecule has 1 aromatic carbocycles. The smallest absolute Gasteiger partial charge is 0.298 e. The van der Waals surface area contributed by atoms with Gasteiger partial charge in [0.2, 0.25) is 0 Å². The minimum absolute atomic E-state index is 0.000307. The molecule has 0 unspecified atom stereocenters. The van der Waals surface area contributed by atoms with Crippen LogP contribution >= 0.6 is 0 Å². The number of pyridine rings is 1. The molecular weight excluding hydrogens is 479 g/mol. The molecule has 190 valence electrons. The first-order valence-electron chi connectivity index (χ1n) is 11.9. The summed E-state index contributed by atoms with van der Waals surface area (Å²) >= 11 is 0. The zero-order valence-corrected chi connectivity index (χ0v) is 19.6. The van der Waals surface area contributed by atoms with Crippen molar-refractivity contribution in [3.8, 4) is 11.8 Å². The number of halogens is 5. The fourth-order valence-corrected chi connectivity index (χ4v) is 5.24. The van der Waals surface area contributed by atoms with Gasteiger partial charge in [-0.15, -0.1) is 0 Å². The van der Waals surface area contributed by atoms with Gasteiger partial charge >= 0.3 is 11.9 Å². The van der Waals surface area contributed by atoms with Gasteiger partial charge in [0, 0.05) is 50.3 Å². The molecule has 5 rings (SSSR count). The van der Waals surface area contributed by atoms with Crippen LogP contribution in [0.5, 0.6) is 0 Å². The third-order valence-electron chi connectivity index (χ3n) is 7.49. The summed E-state index contributed by atoms with van der Waals surface area (Å²) in [5.41, 5.74) is -0.238. The summed E-state index contributed by atoms with van der Waals surface area (Å²) in [5.74, 6) is -3.53. The Bertz CT molecular complexity index is 1390. The van der Waals surface area contributed by atoms with Gasteiger partial charge < -0.3 is 0 Å². The zero-order valence-electron chi connectivity index (χ0n) is 19.6. The van der Waals surface area contributed by atoms with E-state index in [4.69, 9.17) is 5.26 Å². The second-order valence-corrected chi connectivity index (χ2v) is 10.0. The summed E-state index contributed by atoms with van der Waals surface area (Å²) in [4.78, 5) is 15.0. The van der Waals surface area contributed by atoms with E-state index in [9.17, 15) is 26.7 Å². The van der Waals surface area contributed by atoms with Gasteiger partial charge in [-0.05, 0) is 48.1 Å². The molecule has 0 bridgehead atoms. The second kappa shape index (κ2) is 8.73. The standard InChI is InChI=1S/C26H25F5N4O/c1-16-12-33(6-5-25(16,27)28)13-18-9-22(26(29,30)31)23-15-34(24(36)35(23)14-18)21-4-2-3-19(10-21)20-7-17(8-20)11-32/h2-4,9-10,14-17,20H,5-8,12-13H2,1H3/t16-,17?,20?/m0/s1. The highest BCUT2D eigenvalue weighted by molar-refractivity contribution is 5.58. The number of alkyl halides is 5. The number of nitrogens with zero attached hydrogens (tertiary/aromatic N) is 4. The molecule has 0 amide bonds. The summed E-state index contributed by atoms with van der Waals surface area (Å²) in [6, 6.07) is 10.3. The molecule has 3 aromatic rings. The lowest BCUT2D eigenvalue weighted by atomic mass is 9.72. The van der Waals surface area contributed by atoms with Crippen molar-refractivity contribution in [2.24, 2.45) is 11.8 Å². The predicted octanol–water partition coefficient (Wildman–Crippen LogP) is 5.60. The quantitative estimate of drug-likeness (QED) is 0.435. The van der Waals surface area contributed by atoms with Crippen molar-refractivity contribution in [3.63, 3.8) is 0 Å². The van der Waals surface area contributed by atoms with Crippen molar-refractivity contribution < 1.29 is 22.0 Å². The highest BCUT2D eigenvalue weighted by Gasteiger charge is 2.41. The summed E-state index contributed by atoms with van der Waals surface area (Å²) in [5, 5.41) is 9.03. The van der Waals surface area contributed by atoms with E-state index >= 15 is 0 Å². The Labute approximate surface area is 204 Å². The van der Waals surface area contributed by atoms with E-state index in [0.717, 1.165) is 28.9 Å². The van der Waals surface area contributed by atoms with Crippen molar-refractivity contribution in [2.75, 3.05) is 13.1 Å². The van der Waals surface area contributed by atoms with E-state index in [1.54, 1.807) is 23.1 Å². The highest BCUT2D eigenvalue weighted by atomic mass is 19.4. The lowest BCUT2D eigenvalue weighted by Crippen LogP contribution is -2.45. The number of rotatable bonds is 4. The zero-order chi connectivity index (χ0) is 25.8. The first kappa shape index (κ1) is 24.5. The molecule has 1 aliphatic heterocycles. The number of imidazole rings is 1. The monoisotopic (exact) mass is 504 g/mol. The van der Waals surface area contributed by atoms with Gasteiger partial charge in [0.25, 0.3) is 5.92 Å². The first-order valence-corrected chi connectivity index (χ1v) is 11.9. The van der Waals surface area contributed by atoms with Crippen molar-refractivity contribution in [1.29, 1.82) is 5.26 Å². The second-order valence-electron chi connectivity index (χ2n) is 10.0. The molecule has 0 radical (unpaired) electrons. The number of piperidine rings is 1. The molecule has 10 heteroatoms. The van der Waals surface area contributed by atoms with Gasteiger partial charge in [0.15, 0.2) is 0 Å². The molecule has 3 heterocycles. The largest absolute Gasteiger partial charge is 0.418 e. The average molecular weight is 505 g/mol. The number of fused-ring (bicyclic) bond motifs is 1. The summed E-state index contributed by atoms with van der Waals surface area (Å²) < 4.78 is 71.9. The normalized spacial score (nSPS) is 24.4. The predicted molar refractivity (Wildman–Crippen MR) is 123 cm³/mol. The van der Waals surface area contributed by atoms with Crippen LogP contribution in [0.1, 0.15) is 48.8 Å². The average Bonchev–Trinajstić information content (AvgIpc) is 3.11. The molecule has 1 atom stereocenters. The van der Waals surface area contributed by atoms with E-state index in [-0.39, 0.29) is 49.0 Å². The molecular formula is C26H25F5N4O.